The van der Waals surface area contributed by atoms with E-state index in [9.17, 15) is 26.4 Å². The molecule has 0 radical (unpaired) electrons. The van der Waals surface area contributed by atoms with Crippen LogP contribution in [0.1, 0.15) is 30.0 Å². The van der Waals surface area contributed by atoms with Gasteiger partial charge in [-0.2, -0.15) is 13.2 Å². The lowest BCUT2D eigenvalue weighted by atomic mass is 10.1. The van der Waals surface area contributed by atoms with E-state index in [1.54, 1.807) is 13.8 Å². The number of halogens is 3. The van der Waals surface area contributed by atoms with Crippen LogP contribution < -0.4 is 4.90 Å². The molecule has 0 bridgehead atoms. The molecule has 0 unspecified atom stereocenters. The van der Waals surface area contributed by atoms with Crippen molar-refractivity contribution in [3.8, 4) is 11.3 Å². The van der Waals surface area contributed by atoms with Crippen molar-refractivity contribution in [3.63, 3.8) is 0 Å². The highest BCUT2D eigenvalue weighted by atomic mass is 32.2. The fourth-order valence-electron chi connectivity index (χ4n) is 3.08. The average Bonchev–Trinajstić information content (AvgIpc) is 3.17. The number of furan rings is 1. The molecular formula is C22H20F3NO4S. The molecule has 0 saturated heterocycles. The van der Waals surface area contributed by atoms with Crippen LogP contribution in [0.25, 0.3) is 11.3 Å². The average molecular weight is 451 g/mol. The molecule has 2 aromatic carbocycles. The minimum absolute atomic E-state index is 0.0479. The summed E-state index contributed by atoms with van der Waals surface area (Å²) >= 11 is 0. The van der Waals surface area contributed by atoms with Crippen LogP contribution in [0.15, 0.2) is 70.0 Å². The number of nitrogens with zero attached hydrogens (tertiary/aromatic N) is 1. The van der Waals surface area contributed by atoms with Crippen molar-refractivity contribution in [2.24, 2.45) is 0 Å². The molecule has 9 heteroatoms. The van der Waals surface area contributed by atoms with Gasteiger partial charge in [-0.15, -0.1) is 0 Å². The Morgan fingerprint density at radius 1 is 1.00 bits per heavy atom. The topological polar surface area (TPSA) is 67.6 Å². The summed E-state index contributed by atoms with van der Waals surface area (Å²) in [6.45, 7) is 3.55. The summed E-state index contributed by atoms with van der Waals surface area (Å²) < 4.78 is 67.8. The van der Waals surface area contributed by atoms with Crippen molar-refractivity contribution in [2.75, 3.05) is 11.2 Å². The lowest BCUT2D eigenvalue weighted by Gasteiger charge is -2.26. The number of carbonyl (C=O) groups excluding carboxylic acids is 1. The van der Waals surface area contributed by atoms with E-state index >= 15 is 0 Å². The minimum Gasteiger partial charge on any atom is -0.451 e. The first kappa shape index (κ1) is 22.6. The lowest BCUT2D eigenvalue weighted by molar-refractivity contribution is -0.137. The zero-order chi connectivity index (χ0) is 23.0. The second kappa shape index (κ2) is 8.22. The highest BCUT2D eigenvalue weighted by Crippen LogP contribution is 2.33. The zero-order valence-corrected chi connectivity index (χ0v) is 17.8. The molecular weight excluding hydrogens is 431 g/mol. The molecule has 0 saturated carbocycles. The van der Waals surface area contributed by atoms with Gasteiger partial charge in [-0.05, 0) is 62.4 Å². The van der Waals surface area contributed by atoms with Gasteiger partial charge in [0.05, 0.1) is 10.5 Å². The largest absolute Gasteiger partial charge is 0.451 e. The van der Waals surface area contributed by atoms with Crippen LogP contribution in [0.3, 0.4) is 0 Å². The molecule has 0 fully saturated rings. The summed E-state index contributed by atoms with van der Waals surface area (Å²) in [7, 11) is -3.38. The molecule has 31 heavy (non-hydrogen) atoms. The molecule has 0 spiro atoms. The first-order valence-electron chi connectivity index (χ1n) is 9.29. The number of hydrogen-bond donors (Lipinski definition) is 0. The quantitative estimate of drug-likeness (QED) is 0.519. The van der Waals surface area contributed by atoms with E-state index < -0.39 is 27.5 Å². The van der Waals surface area contributed by atoms with Crippen molar-refractivity contribution in [1.82, 2.24) is 0 Å². The molecule has 3 rings (SSSR count). The van der Waals surface area contributed by atoms with E-state index in [1.807, 2.05) is 0 Å². The number of hydrogen-bond acceptors (Lipinski definition) is 4. The minimum atomic E-state index is -4.49. The van der Waals surface area contributed by atoms with Gasteiger partial charge in [-0.3, -0.25) is 4.79 Å². The number of sulfone groups is 1. The SMILES string of the molecule is CC(C)N(C(=O)c1ccc(-c2cccc(C(F)(F)F)c2)o1)c1ccc(S(C)(=O)=O)cc1. The highest BCUT2D eigenvalue weighted by Gasteiger charge is 2.31. The van der Waals surface area contributed by atoms with E-state index in [-0.39, 0.29) is 28.0 Å². The summed E-state index contributed by atoms with van der Waals surface area (Å²) in [5.41, 5.74) is -0.157. The number of benzene rings is 2. The van der Waals surface area contributed by atoms with Crippen LogP contribution in [-0.2, 0) is 16.0 Å². The van der Waals surface area contributed by atoms with E-state index in [4.69, 9.17) is 4.42 Å². The maximum absolute atomic E-state index is 13.1. The Labute approximate surface area is 178 Å². The molecule has 0 N–H and O–H groups in total. The molecule has 1 amide bonds. The molecule has 0 aliphatic carbocycles. The maximum Gasteiger partial charge on any atom is 0.416 e. The summed E-state index contributed by atoms with van der Waals surface area (Å²) in [6, 6.07) is 13.0. The van der Waals surface area contributed by atoms with Gasteiger partial charge in [0.15, 0.2) is 15.6 Å². The molecule has 164 valence electrons. The number of anilines is 1. The molecule has 1 aromatic heterocycles. The monoisotopic (exact) mass is 451 g/mol. The van der Waals surface area contributed by atoms with Crippen molar-refractivity contribution < 1.29 is 30.8 Å². The van der Waals surface area contributed by atoms with E-state index in [1.165, 1.54) is 53.4 Å². The van der Waals surface area contributed by atoms with E-state index in [0.717, 1.165) is 18.4 Å². The van der Waals surface area contributed by atoms with Gasteiger partial charge in [0.2, 0.25) is 0 Å². The lowest BCUT2D eigenvalue weighted by Crippen LogP contribution is -2.36. The first-order valence-corrected chi connectivity index (χ1v) is 11.2. The van der Waals surface area contributed by atoms with Crippen LogP contribution in [0.2, 0.25) is 0 Å². The predicted molar refractivity (Wildman–Crippen MR) is 111 cm³/mol. The number of rotatable bonds is 5. The van der Waals surface area contributed by atoms with Crippen LogP contribution in [0.4, 0.5) is 18.9 Å². The molecule has 0 aliphatic heterocycles. The molecule has 5 nitrogen and oxygen atoms in total. The molecule has 3 aromatic rings. The third kappa shape index (κ3) is 4.99. The summed E-state index contributed by atoms with van der Waals surface area (Å²) in [4.78, 5) is 14.6. The third-order valence-electron chi connectivity index (χ3n) is 4.57. The fourth-order valence-corrected chi connectivity index (χ4v) is 3.71. The molecule has 0 atom stereocenters. The van der Waals surface area contributed by atoms with Gasteiger partial charge < -0.3 is 9.32 Å². The van der Waals surface area contributed by atoms with Crippen molar-refractivity contribution >= 4 is 21.4 Å². The maximum atomic E-state index is 13.1. The predicted octanol–water partition coefficient (Wildman–Crippen LogP) is 5.42. The van der Waals surface area contributed by atoms with Gasteiger partial charge in [-0.25, -0.2) is 8.42 Å². The van der Waals surface area contributed by atoms with Crippen LogP contribution >= 0.6 is 0 Å². The van der Waals surface area contributed by atoms with Crippen LogP contribution in [-0.4, -0.2) is 26.6 Å². The first-order chi connectivity index (χ1) is 14.4. The van der Waals surface area contributed by atoms with Gasteiger partial charge in [0.1, 0.15) is 5.76 Å². The number of alkyl halides is 3. The smallest absolute Gasteiger partial charge is 0.416 e. The van der Waals surface area contributed by atoms with Crippen molar-refractivity contribution in [3.05, 3.63) is 72.0 Å². The second-order valence-corrected chi connectivity index (χ2v) is 9.29. The number of carbonyl (C=O) groups is 1. The van der Waals surface area contributed by atoms with Gasteiger partial charge >= 0.3 is 6.18 Å². The van der Waals surface area contributed by atoms with Crippen molar-refractivity contribution in [1.29, 1.82) is 0 Å². The Balaban J connectivity index is 1.92. The summed E-state index contributed by atoms with van der Waals surface area (Å²) in [5, 5.41) is 0. The fraction of sp³-hybridized carbons (Fsp3) is 0.227. The Morgan fingerprint density at radius 3 is 2.19 bits per heavy atom. The van der Waals surface area contributed by atoms with Gasteiger partial charge in [-0.1, -0.05) is 12.1 Å². The Morgan fingerprint density at radius 2 is 1.65 bits per heavy atom. The zero-order valence-electron chi connectivity index (χ0n) is 17.0. The normalized spacial score (nSPS) is 12.2. The standard InChI is InChI=1S/C22H20F3NO4S/c1-14(2)26(17-7-9-18(10-8-17)31(3,28)29)21(27)20-12-11-19(30-20)15-5-4-6-16(13-15)22(23,24)25/h4-14H,1-3H3. The van der Waals surface area contributed by atoms with Gasteiger partial charge in [0.25, 0.3) is 5.91 Å². The Bertz CT molecular complexity index is 1200. The van der Waals surface area contributed by atoms with E-state index in [0.29, 0.717) is 5.69 Å². The Hall–Kier alpha value is -3.07. The molecule has 0 aliphatic rings. The summed E-state index contributed by atoms with van der Waals surface area (Å²) in [6.07, 6.45) is -3.40. The third-order valence-corrected chi connectivity index (χ3v) is 5.70. The summed E-state index contributed by atoms with van der Waals surface area (Å²) in [5.74, 6) is -0.417. The van der Waals surface area contributed by atoms with E-state index in [2.05, 4.69) is 0 Å². The highest BCUT2D eigenvalue weighted by molar-refractivity contribution is 7.90. The van der Waals surface area contributed by atoms with Crippen LogP contribution in [0.5, 0.6) is 0 Å². The molecule has 1 heterocycles. The second-order valence-electron chi connectivity index (χ2n) is 7.28. The number of amides is 1. The van der Waals surface area contributed by atoms with Crippen LogP contribution in [0, 0.1) is 0 Å². The van der Waals surface area contributed by atoms with Gasteiger partial charge in [0, 0.05) is 23.5 Å². The van der Waals surface area contributed by atoms with Crippen molar-refractivity contribution in [2.45, 2.75) is 31.0 Å². The Kier molecular flexibility index (Phi) is 6.00.